The Morgan fingerprint density at radius 1 is 1.15 bits per heavy atom. The van der Waals surface area contributed by atoms with Gasteiger partial charge >= 0.3 is 0 Å². The molecule has 0 saturated carbocycles. The van der Waals surface area contributed by atoms with Crippen LogP contribution in [0.4, 0.5) is 17.1 Å². The molecule has 0 radical (unpaired) electrons. The lowest BCUT2D eigenvalue weighted by molar-refractivity contribution is 0.0824. The summed E-state index contributed by atoms with van der Waals surface area (Å²) in [5.41, 5.74) is -0.541. The summed E-state index contributed by atoms with van der Waals surface area (Å²) in [6.45, 7) is 6.16. The van der Waals surface area contributed by atoms with Crippen LogP contribution in [0.1, 0.15) is 44.0 Å². The summed E-state index contributed by atoms with van der Waals surface area (Å²) >= 11 is 0. The van der Waals surface area contributed by atoms with Crippen molar-refractivity contribution in [1.82, 2.24) is 4.90 Å². The van der Waals surface area contributed by atoms with Crippen molar-refractivity contribution in [2.75, 3.05) is 24.7 Å². The fourth-order valence-corrected chi connectivity index (χ4v) is 2.91. The SMILES string of the molecule is CCCC(Nc1c(Nc2cccc(C(=O)N(C)C)c2O)c(=O)c1=O)C(C)C. The second-order valence-electron chi connectivity index (χ2n) is 7.22. The maximum absolute atomic E-state index is 12.2. The number of hydrogen-bond acceptors (Lipinski definition) is 6. The Kier molecular flexibility index (Phi) is 6.25. The van der Waals surface area contributed by atoms with Gasteiger partial charge in [0.2, 0.25) is 0 Å². The van der Waals surface area contributed by atoms with Crippen LogP contribution < -0.4 is 21.5 Å². The molecule has 2 aromatic rings. The zero-order chi connectivity index (χ0) is 20.3. The van der Waals surface area contributed by atoms with Crippen molar-refractivity contribution < 1.29 is 9.90 Å². The number of anilines is 3. The van der Waals surface area contributed by atoms with Gasteiger partial charge in [-0.15, -0.1) is 0 Å². The van der Waals surface area contributed by atoms with Crippen LogP contribution in [-0.4, -0.2) is 36.1 Å². The summed E-state index contributed by atoms with van der Waals surface area (Å²) in [4.78, 5) is 37.6. The topological polar surface area (TPSA) is 98.7 Å². The van der Waals surface area contributed by atoms with Crippen LogP contribution in [0.15, 0.2) is 27.8 Å². The van der Waals surface area contributed by atoms with Gasteiger partial charge in [0.05, 0.1) is 11.3 Å². The van der Waals surface area contributed by atoms with Gasteiger partial charge in [-0.3, -0.25) is 14.4 Å². The minimum atomic E-state index is -0.639. The lowest BCUT2D eigenvalue weighted by atomic mass is 9.98. The molecule has 2 rings (SSSR count). The van der Waals surface area contributed by atoms with Crippen molar-refractivity contribution in [1.29, 1.82) is 0 Å². The third-order valence-electron chi connectivity index (χ3n) is 4.58. The van der Waals surface area contributed by atoms with Crippen molar-refractivity contribution in [2.45, 2.75) is 39.7 Å². The molecule has 27 heavy (non-hydrogen) atoms. The molecule has 0 fully saturated rings. The Balaban J connectivity index is 2.33. The first-order valence-corrected chi connectivity index (χ1v) is 9.09. The number of hydrogen-bond donors (Lipinski definition) is 3. The summed E-state index contributed by atoms with van der Waals surface area (Å²) in [5, 5.41) is 16.4. The fraction of sp³-hybridized carbons (Fsp3) is 0.450. The van der Waals surface area contributed by atoms with Crippen molar-refractivity contribution in [2.24, 2.45) is 5.92 Å². The summed E-state index contributed by atoms with van der Waals surface area (Å²) < 4.78 is 0. The standard InChI is InChI=1S/C20H27N3O4/c1-6-8-13(11(2)3)21-15-16(19(26)18(15)25)22-14-10-7-9-12(17(14)24)20(27)23(4)5/h7,9-11,13,21-22,24H,6,8H2,1-5H3. The maximum atomic E-state index is 12.2. The van der Waals surface area contributed by atoms with Crippen LogP contribution in [0.25, 0.3) is 0 Å². The molecule has 0 aliphatic rings. The van der Waals surface area contributed by atoms with E-state index in [1.54, 1.807) is 26.2 Å². The zero-order valence-electron chi connectivity index (χ0n) is 16.4. The number of carbonyl (C=O) groups excluding carboxylic acids is 1. The van der Waals surface area contributed by atoms with Gasteiger partial charge < -0.3 is 20.6 Å². The van der Waals surface area contributed by atoms with Crippen LogP contribution in [0.3, 0.4) is 0 Å². The Bertz CT molecular complexity index is 895. The summed E-state index contributed by atoms with van der Waals surface area (Å²) in [6, 6.07) is 4.72. The fourth-order valence-electron chi connectivity index (χ4n) is 2.91. The maximum Gasteiger partial charge on any atom is 0.257 e. The summed E-state index contributed by atoms with van der Waals surface area (Å²) in [6.07, 6.45) is 1.82. The third-order valence-corrected chi connectivity index (χ3v) is 4.58. The number of phenols is 1. The largest absolute Gasteiger partial charge is 0.505 e. The van der Waals surface area contributed by atoms with E-state index in [1.165, 1.54) is 11.0 Å². The molecule has 2 aromatic carbocycles. The van der Waals surface area contributed by atoms with E-state index < -0.39 is 10.9 Å². The molecule has 0 aromatic heterocycles. The number of nitrogens with one attached hydrogen (secondary N) is 2. The first kappa shape index (κ1) is 20.5. The highest BCUT2D eigenvalue weighted by Crippen LogP contribution is 2.32. The van der Waals surface area contributed by atoms with E-state index >= 15 is 0 Å². The number of rotatable bonds is 8. The minimum absolute atomic E-state index is 0.0640. The first-order valence-electron chi connectivity index (χ1n) is 9.09. The predicted octanol–water partition coefficient (Wildman–Crippen LogP) is 2.67. The monoisotopic (exact) mass is 373 g/mol. The Labute approximate surface area is 158 Å². The van der Waals surface area contributed by atoms with Crippen LogP contribution in [0, 0.1) is 5.92 Å². The number of amides is 1. The zero-order valence-corrected chi connectivity index (χ0v) is 16.4. The van der Waals surface area contributed by atoms with Crippen LogP contribution in [0.5, 0.6) is 5.75 Å². The van der Waals surface area contributed by atoms with Crippen molar-refractivity contribution in [3.63, 3.8) is 0 Å². The van der Waals surface area contributed by atoms with E-state index in [-0.39, 0.29) is 46.2 Å². The second-order valence-corrected chi connectivity index (χ2v) is 7.22. The van der Waals surface area contributed by atoms with Gasteiger partial charge in [-0.25, -0.2) is 0 Å². The third kappa shape index (κ3) is 4.13. The quantitative estimate of drug-likeness (QED) is 0.486. The molecule has 0 bridgehead atoms. The number of nitrogens with zero attached hydrogens (tertiary/aromatic N) is 1. The van der Waals surface area contributed by atoms with Crippen LogP contribution in [0.2, 0.25) is 0 Å². The molecule has 1 amide bonds. The smallest absolute Gasteiger partial charge is 0.257 e. The first-order chi connectivity index (χ1) is 12.7. The summed E-state index contributed by atoms with van der Waals surface area (Å²) in [7, 11) is 3.17. The van der Waals surface area contributed by atoms with Crippen molar-refractivity contribution in [3.8, 4) is 5.75 Å². The molecule has 1 atom stereocenters. The number of aromatic hydroxyl groups is 1. The van der Waals surface area contributed by atoms with E-state index in [9.17, 15) is 19.5 Å². The number of carbonyl (C=O) groups is 1. The van der Waals surface area contributed by atoms with Gasteiger partial charge in [0, 0.05) is 20.1 Å². The van der Waals surface area contributed by atoms with Gasteiger partial charge in [0.1, 0.15) is 11.4 Å². The van der Waals surface area contributed by atoms with Crippen molar-refractivity contribution in [3.05, 3.63) is 44.2 Å². The van der Waals surface area contributed by atoms with Gasteiger partial charge in [-0.2, -0.15) is 0 Å². The second kappa shape index (κ2) is 8.24. The molecular weight excluding hydrogens is 346 g/mol. The van der Waals surface area contributed by atoms with Gasteiger partial charge in [-0.1, -0.05) is 33.3 Å². The van der Waals surface area contributed by atoms with E-state index in [0.29, 0.717) is 0 Å². The lowest BCUT2D eigenvalue weighted by Crippen LogP contribution is -2.40. The number of phenolic OH excluding ortho intramolecular Hbond substituents is 1. The normalized spacial score (nSPS) is 12.2. The molecule has 146 valence electrons. The Morgan fingerprint density at radius 3 is 2.33 bits per heavy atom. The van der Waals surface area contributed by atoms with Gasteiger partial charge in [0.15, 0.2) is 5.75 Å². The van der Waals surface area contributed by atoms with E-state index in [1.807, 2.05) is 13.8 Å². The Morgan fingerprint density at radius 2 is 1.78 bits per heavy atom. The number of benzene rings is 1. The molecule has 7 nitrogen and oxygen atoms in total. The molecule has 3 N–H and O–H groups in total. The molecule has 1 unspecified atom stereocenters. The van der Waals surface area contributed by atoms with Gasteiger partial charge in [-0.05, 0) is 24.5 Å². The van der Waals surface area contributed by atoms with Crippen LogP contribution in [-0.2, 0) is 0 Å². The number of para-hydroxylation sites is 1. The highest BCUT2D eigenvalue weighted by atomic mass is 16.3. The molecular formula is C20H27N3O4. The average molecular weight is 373 g/mol. The molecule has 0 saturated heterocycles. The molecule has 0 aliphatic carbocycles. The van der Waals surface area contributed by atoms with E-state index in [0.717, 1.165) is 12.8 Å². The molecule has 0 aliphatic heterocycles. The molecule has 0 spiro atoms. The summed E-state index contributed by atoms with van der Waals surface area (Å²) in [5.74, 6) is -0.330. The van der Waals surface area contributed by atoms with E-state index in [4.69, 9.17) is 0 Å². The highest BCUT2D eigenvalue weighted by Gasteiger charge is 2.26. The average Bonchev–Trinajstić information content (AvgIpc) is 2.63. The minimum Gasteiger partial charge on any atom is -0.505 e. The van der Waals surface area contributed by atoms with Crippen molar-refractivity contribution >= 4 is 23.0 Å². The Hall–Kier alpha value is -2.83. The van der Waals surface area contributed by atoms with Crippen LogP contribution >= 0.6 is 0 Å². The van der Waals surface area contributed by atoms with Gasteiger partial charge in [0.25, 0.3) is 16.8 Å². The lowest BCUT2D eigenvalue weighted by Gasteiger charge is -2.25. The highest BCUT2D eigenvalue weighted by molar-refractivity contribution is 5.99. The molecule has 0 heterocycles. The molecule has 7 heteroatoms. The predicted molar refractivity (Wildman–Crippen MR) is 108 cm³/mol. The van der Waals surface area contributed by atoms with E-state index in [2.05, 4.69) is 17.6 Å².